The second-order valence-corrected chi connectivity index (χ2v) is 12.6. The molecule has 6 aromatic rings. The van der Waals surface area contributed by atoms with Crippen LogP contribution < -0.4 is 20.1 Å². The summed E-state index contributed by atoms with van der Waals surface area (Å²) in [6.45, 7) is 0.143. The highest BCUT2D eigenvalue weighted by atomic mass is 16.6. The number of benzene rings is 4. The van der Waals surface area contributed by atoms with Crippen LogP contribution in [0.25, 0.3) is 11.2 Å². The number of carbonyl (C=O) groups is 2. The third-order valence-corrected chi connectivity index (χ3v) is 9.40. The molecule has 0 spiro atoms. The van der Waals surface area contributed by atoms with Gasteiger partial charge in [-0.1, -0.05) is 66.7 Å². The second-order valence-electron chi connectivity index (χ2n) is 12.6. The van der Waals surface area contributed by atoms with Crippen molar-refractivity contribution in [2.24, 2.45) is 0 Å². The summed E-state index contributed by atoms with van der Waals surface area (Å²) < 4.78 is 26.1. The highest BCUT2D eigenvalue weighted by Crippen LogP contribution is 2.43. The minimum Gasteiger partial charge on any atom is -0.497 e. The fraction of sp³-hybridized carbons (Fsp3) is 0.225. The number of imidazole rings is 1. The molecule has 4 N–H and O–H groups in total. The standard InChI is InChI=1S/C40H38N6O8/c1-51-30-16-12-28(13-17-30)40(27-6-4-3-5-7-27,29-14-18-31(52-2)19-15-29)53-22-33-32(47)20-34(54-33)46-24-44-35-36(42-23-43-37(35)46)45-38(48)26-10-8-25(9-11-26)21-41-39(49)50/h3-19,23-24,32-34,41,47H,20-22H2,1-2H3,(H,49,50)(H,42,43,45,48)/t32-,33-,34-/m1/s1. The number of aliphatic hydroxyl groups is 1. The van der Waals surface area contributed by atoms with Crippen LogP contribution in [0, 0.1) is 0 Å². The lowest BCUT2D eigenvalue weighted by Crippen LogP contribution is -2.38. The number of amides is 2. The zero-order valence-corrected chi connectivity index (χ0v) is 29.5. The van der Waals surface area contributed by atoms with Crippen molar-refractivity contribution >= 4 is 29.0 Å². The van der Waals surface area contributed by atoms with Gasteiger partial charge in [0.1, 0.15) is 35.8 Å². The van der Waals surface area contributed by atoms with Crippen LogP contribution in [-0.2, 0) is 21.6 Å². The molecule has 14 heteroatoms. The van der Waals surface area contributed by atoms with Crippen LogP contribution in [0.15, 0.2) is 116 Å². The lowest BCUT2D eigenvalue weighted by molar-refractivity contribution is -0.0931. The Morgan fingerprint density at radius 3 is 2.09 bits per heavy atom. The Balaban J connectivity index is 1.12. The lowest BCUT2D eigenvalue weighted by Gasteiger charge is -2.37. The topological polar surface area (TPSA) is 179 Å². The van der Waals surface area contributed by atoms with Crippen molar-refractivity contribution in [3.8, 4) is 11.5 Å². The van der Waals surface area contributed by atoms with Crippen LogP contribution in [0.1, 0.15) is 45.3 Å². The number of aromatic nitrogens is 4. The summed E-state index contributed by atoms with van der Waals surface area (Å²) >= 11 is 0. The molecule has 1 saturated heterocycles. The van der Waals surface area contributed by atoms with E-state index in [4.69, 9.17) is 24.1 Å². The molecular weight excluding hydrogens is 692 g/mol. The molecule has 2 aromatic heterocycles. The Bertz CT molecular complexity index is 2170. The van der Waals surface area contributed by atoms with Gasteiger partial charge in [0.2, 0.25) is 0 Å². The molecular formula is C40H38N6O8. The second kappa shape index (κ2) is 15.7. The SMILES string of the molecule is COc1ccc(C(OC[C@H]2O[C@@H](n3cnc4c(NC(=O)c5ccc(CNC(=O)O)cc5)ncnc43)C[C@H]2O)(c2ccccc2)c2ccc(OC)cc2)cc1. The number of carbonyl (C=O) groups excluding carboxylic acids is 1. The van der Waals surface area contributed by atoms with Crippen LogP contribution in [0.3, 0.4) is 0 Å². The van der Waals surface area contributed by atoms with E-state index in [1.165, 1.54) is 6.33 Å². The molecule has 1 aliphatic heterocycles. The van der Waals surface area contributed by atoms with Crippen molar-refractivity contribution in [3.05, 3.63) is 144 Å². The molecule has 3 heterocycles. The van der Waals surface area contributed by atoms with E-state index in [9.17, 15) is 14.7 Å². The summed E-state index contributed by atoms with van der Waals surface area (Å²) in [6.07, 6.45) is -0.285. The average Bonchev–Trinajstić information content (AvgIpc) is 3.82. The molecule has 2 amide bonds. The van der Waals surface area contributed by atoms with Gasteiger partial charge in [-0.3, -0.25) is 9.36 Å². The van der Waals surface area contributed by atoms with Crippen molar-refractivity contribution < 1.29 is 38.7 Å². The van der Waals surface area contributed by atoms with Gasteiger partial charge >= 0.3 is 6.09 Å². The molecule has 276 valence electrons. The van der Waals surface area contributed by atoms with E-state index >= 15 is 0 Å². The number of carboxylic acid groups (broad SMARTS) is 1. The van der Waals surface area contributed by atoms with E-state index in [-0.39, 0.29) is 25.4 Å². The van der Waals surface area contributed by atoms with Gasteiger partial charge < -0.3 is 39.8 Å². The predicted octanol–water partition coefficient (Wildman–Crippen LogP) is 5.52. The van der Waals surface area contributed by atoms with Crippen molar-refractivity contribution in [2.75, 3.05) is 26.1 Å². The van der Waals surface area contributed by atoms with Crippen LogP contribution in [0.4, 0.5) is 10.6 Å². The summed E-state index contributed by atoms with van der Waals surface area (Å²) in [5, 5.41) is 25.3. The van der Waals surface area contributed by atoms with Gasteiger partial charge in [0.15, 0.2) is 17.0 Å². The summed E-state index contributed by atoms with van der Waals surface area (Å²) in [6, 6.07) is 31.8. The van der Waals surface area contributed by atoms with E-state index in [1.807, 2.05) is 78.9 Å². The number of nitrogens with one attached hydrogen (secondary N) is 2. The van der Waals surface area contributed by atoms with Crippen molar-refractivity contribution in [2.45, 2.75) is 37.0 Å². The molecule has 54 heavy (non-hydrogen) atoms. The number of nitrogens with zero attached hydrogens (tertiary/aromatic N) is 4. The fourth-order valence-electron chi connectivity index (χ4n) is 6.60. The van der Waals surface area contributed by atoms with E-state index in [0.29, 0.717) is 33.8 Å². The molecule has 7 rings (SSSR count). The first-order chi connectivity index (χ1) is 26.3. The Morgan fingerprint density at radius 2 is 1.48 bits per heavy atom. The zero-order chi connectivity index (χ0) is 37.7. The van der Waals surface area contributed by atoms with Crippen molar-refractivity contribution in [1.82, 2.24) is 24.8 Å². The highest BCUT2D eigenvalue weighted by Gasteiger charge is 2.42. The van der Waals surface area contributed by atoms with Gasteiger partial charge in [0, 0.05) is 18.5 Å². The number of rotatable bonds is 13. The molecule has 0 aliphatic carbocycles. The summed E-state index contributed by atoms with van der Waals surface area (Å²) in [7, 11) is 3.24. The lowest BCUT2D eigenvalue weighted by atomic mass is 9.80. The Kier molecular flexibility index (Phi) is 10.5. The van der Waals surface area contributed by atoms with Gasteiger partial charge in [0.25, 0.3) is 5.91 Å². The Hall–Kier alpha value is -6.35. The first-order valence-electron chi connectivity index (χ1n) is 17.2. The predicted molar refractivity (Wildman–Crippen MR) is 197 cm³/mol. The third kappa shape index (κ3) is 7.30. The first-order valence-corrected chi connectivity index (χ1v) is 17.2. The van der Waals surface area contributed by atoms with Crippen LogP contribution in [-0.4, -0.2) is 74.8 Å². The number of hydrogen-bond acceptors (Lipinski definition) is 10. The van der Waals surface area contributed by atoms with E-state index in [1.54, 1.807) is 49.4 Å². The maximum absolute atomic E-state index is 13.1. The smallest absolute Gasteiger partial charge is 0.404 e. The summed E-state index contributed by atoms with van der Waals surface area (Å²) in [5.41, 5.74) is 3.27. The van der Waals surface area contributed by atoms with Gasteiger partial charge in [0.05, 0.1) is 33.3 Å². The van der Waals surface area contributed by atoms with Gasteiger partial charge in [-0.05, 0) is 58.7 Å². The number of hydrogen-bond donors (Lipinski definition) is 4. The van der Waals surface area contributed by atoms with E-state index in [0.717, 1.165) is 16.7 Å². The number of ether oxygens (including phenoxy) is 4. The fourth-order valence-corrected chi connectivity index (χ4v) is 6.60. The third-order valence-electron chi connectivity index (χ3n) is 9.40. The average molecular weight is 731 g/mol. The molecule has 0 unspecified atom stereocenters. The highest BCUT2D eigenvalue weighted by molar-refractivity contribution is 6.06. The quantitative estimate of drug-likeness (QED) is 0.110. The minimum atomic E-state index is -1.13. The maximum Gasteiger partial charge on any atom is 0.404 e. The Labute approximate surface area is 310 Å². The number of fused-ring (bicyclic) bond motifs is 1. The van der Waals surface area contributed by atoms with Crippen molar-refractivity contribution in [1.29, 1.82) is 0 Å². The Morgan fingerprint density at radius 1 is 0.852 bits per heavy atom. The van der Waals surface area contributed by atoms with Crippen LogP contribution in [0.2, 0.25) is 0 Å². The van der Waals surface area contributed by atoms with E-state index in [2.05, 4.69) is 25.6 Å². The summed E-state index contributed by atoms with van der Waals surface area (Å²) in [4.78, 5) is 37.1. The molecule has 0 bridgehead atoms. The van der Waals surface area contributed by atoms with Gasteiger partial charge in [-0.2, -0.15) is 0 Å². The first kappa shape index (κ1) is 36.0. The molecule has 3 atom stereocenters. The molecule has 14 nitrogen and oxygen atoms in total. The molecule has 4 aromatic carbocycles. The number of aliphatic hydroxyl groups excluding tert-OH is 1. The molecule has 1 fully saturated rings. The molecule has 0 saturated carbocycles. The van der Waals surface area contributed by atoms with Crippen LogP contribution >= 0.6 is 0 Å². The molecule has 1 aliphatic rings. The normalized spacial score (nSPS) is 16.9. The molecule has 0 radical (unpaired) electrons. The van der Waals surface area contributed by atoms with Crippen LogP contribution in [0.5, 0.6) is 11.5 Å². The minimum absolute atomic E-state index is 0.0265. The van der Waals surface area contributed by atoms with Gasteiger partial charge in [-0.15, -0.1) is 0 Å². The summed E-state index contributed by atoms with van der Waals surface area (Å²) in [5.74, 6) is 1.18. The maximum atomic E-state index is 13.1. The van der Waals surface area contributed by atoms with Crippen molar-refractivity contribution in [3.63, 3.8) is 0 Å². The van der Waals surface area contributed by atoms with Gasteiger partial charge in [-0.25, -0.2) is 19.7 Å². The monoisotopic (exact) mass is 730 g/mol. The number of anilines is 1. The van der Waals surface area contributed by atoms with E-state index < -0.39 is 36.0 Å². The largest absolute Gasteiger partial charge is 0.497 e. The zero-order valence-electron chi connectivity index (χ0n) is 29.5. The number of methoxy groups -OCH3 is 2.